The van der Waals surface area contributed by atoms with Crippen molar-refractivity contribution in [3.8, 4) is 28.7 Å². The first-order valence-electron chi connectivity index (χ1n) is 10.6. The van der Waals surface area contributed by atoms with Crippen LogP contribution < -0.4 is 18.9 Å². The minimum Gasteiger partial charge on any atom is -0.504 e. The molecule has 35 heavy (non-hydrogen) atoms. The molecule has 3 aromatic rings. The Morgan fingerprint density at radius 2 is 1.51 bits per heavy atom. The molecule has 0 aromatic heterocycles. The van der Waals surface area contributed by atoms with Crippen molar-refractivity contribution >= 4 is 41.4 Å². The summed E-state index contributed by atoms with van der Waals surface area (Å²) in [6.45, 7) is 0. The molecule has 0 amide bonds. The molecule has 0 heterocycles. The van der Waals surface area contributed by atoms with Crippen LogP contribution in [0.4, 0.5) is 5.69 Å². The Morgan fingerprint density at radius 3 is 2.09 bits per heavy atom. The van der Waals surface area contributed by atoms with Crippen LogP contribution in [-0.2, 0) is 0 Å². The molecule has 3 rings (SSSR count). The Kier molecular flexibility index (Phi) is 8.75. The fourth-order valence-electron chi connectivity index (χ4n) is 3.42. The van der Waals surface area contributed by atoms with Gasteiger partial charge in [0.25, 0.3) is 0 Å². The lowest BCUT2D eigenvalue weighted by Gasteiger charge is -2.13. The van der Waals surface area contributed by atoms with Gasteiger partial charge >= 0.3 is 0 Å². The van der Waals surface area contributed by atoms with Gasteiger partial charge in [0.15, 0.2) is 28.8 Å². The zero-order valence-electron chi connectivity index (χ0n) is 19.9. The molecular weight excluding hydrogens is 470 g/mol. The smallest absolute Gasteiger partial charge is 0.203 e. The SMILES string of the molecule is COc1cc(/C=C\c2cc(O)c(OC)c(N=CCC(=O)c3cccc(Cl)c3)c2)cc(OC)c1OC. The molecule has 0 aliphatic carbocycles. The zero-order valence-corrected chi connectivity index (χ0v) is 20.6. The standard InChI is InChI=1S/C27H26ClNO6/c1-32-24-14-18(15-25(33-2)27(24)35-4)9-8-17-12-21(26(34-3)23(31)13-17)29-11-10-22(30)19-6-5-7-20(28)16-19/h5-9,11-16,31H,10H2,1-4H3/b9-8-,29-11?. The van der Waals surface area contributed by atoms with Crippen LogP contribution in [0.5, 0.6) is 28.7 Å². The fraction of sp³-hybridized carbons (Fsp3) is 0.185. The largest absolute Gasteiger partial charge is 0.504 e. The molecular formula is C27H26ClNO6. The number of aliphatic imine (C=N–C) groups is 1. The molecule has 0 saturated heterocycles. The highest BCUT2D eigenvalue weighted by Crippen LogP contribution is 2.40. The quantitative estimate of drug-likeness (QED) is 0.204. The average Bonchev–Trinajstić information content (AvgIpc) is 2.86. The second kappa shape index (κ2) is 11.9. The number of nitrogens with zero attached hydrogens (tertiary/aromatic N) is 1. The molecule has 0 atom stereocenters. The number of hydrogen-bond acceptors (Lipinski definition) is 7. The third kappa shape index (κ3) is 6.33. The molecule has 0 fully saturated rings. The van der Waals surface area contributed by atoms with E-state index in [9.17, 15) is 9.90 Å². The highest BCUT2D eigenvalue weighted by molar-refractivity contribution is 6.31. The van der Waals surface area contributed by atoms with E-state index in [1.807, 2.05) is 18.2 Å². The molecule has 8 heteroatoms. The first kappa shape index (κ1) is 25.6. The van der Waals surface area contributed by atoms with Gasteiger partial charge in [0.2, 0.25) is 5.75 Å². The second-order valence-electron chi connectivity index (χ2n) is 7.33. The Bertz CT molecular complexity index is 1240. The third-order valence-electron chi connectivity index (χ3n) is 5.09. The lowest BCUT2D eigenvalue weighted by Crippen LogP contribution is -1.99. The van der Waals surface area contributed by atoms with Crippen molar-refractivity contribution in [1.82, 2.24) is 0 Å². The van der Waals surface area contributed by atoms with Crippen molar-refractivity contribution in [2.24, 2.45) is 4.99 Å². The van der Waals surface area contributed by atoms with E-state index in [1.165, 1.54) is 13.3 Å². The maximum absolute atomic E-state index is 12.4. The summed E-state index contributed by atoms with van der Waals surface area (Å²) < 4.78 is 21.4. The van der Waals surface area contributed by atoms with Crippen LogP contribution in [0.15, 0.2) is 53.5 Å². The molecule has 0 bridgehead atoms. The highest BCUT2D eigenvalue weighted by atomic mass is 35.5. The lowest BCUT2D eigenvalue weighted by molar-refractivity contribution is 0.100. The molecule has 182 valence electrons. The maximum atomic E-state index is 12.4. The maximum Gasteiger partial charge on any atom is 0.203 e. The molecule has 1 N–H and O–H groups in total. The number of hydrogen-bond donors (Lipinski definition) is 1. The summed E-state index contributed by atoms with van der Waals surface area (Å²) in [6.07, 6.45) is 5.18. The molecule has 7 nitrogen and oxygen atoms in total. The summed E-state index contributed by atoms with van der Waals surface area (Å²) in [5.74, 6) is 1.56. The number of ether oxygens (including phenoxy) is 4. The van der Waals surface area contributed by atoms with Crippen molar-refractivity contribution in [1.29, 1.82) is 0 Å². The molecule has 0 spiro atoms. The summed E-state index contributed by atoms with van der Waals surface area (Å²) in [5.41, 5.74) is 2.36. The van der Waals surface area contributed by atoms with Gasteiger partial charge in [0, 0.05) is 23.2 Å². The van der Waals surface area contributed by atoms with Crippen LogP contribution in [0.3, 0.4) is 0 Å². The van der Waals surface area contributed by atoms with Crippen LogP contribution in [0.2, 0.25) is 5.02 Å². The summed E-state index contributed by atoms with van der Waals surface area (Å²) >= 11 is 5.96. The number of phenols is 1. The van der Waals surface area contributed by atoms with E-state index in [-0.39, 0.29) is 23.7 Å². The number of phenolic OH excluding ortho intramolecular Hbond substituents is 1. The van der Waals surface area contributed by atoms with Crippen LogP contribution in [0, 0.1) is 0 Å². The fourth-order valence-corrected chi connectivity index (χ4v) is 3.61. The Labute approximate surface area is 209 Å². The first-order valence-corrected chi connectivity index (χ1v) is 11.0. The Morgan fingerprint density at radius 1 is 0.886 bits per heavy atom. The normalized spacial score (nSPS) is 11.1. The van der Waals surface area contributed by atoms with Gasteiger partial charge in [-0.15, -0.1) is 0 Å². The highest BCUT2D eigenvalue weighted by Gasteiger charge is 2.13. The minimum atomic E-state index is -0.127. The van der Waals surface area contributed by atoms with E-state index in [0.717, 1.165) is 5.56 Å². The molecule has 0 aliphatic rings. The van der Waals surface area contributed by atoms with Gasteiger partial charge in [-0.1, -0.05) is 35.9 Å². The van der Waals surface area contributed by atoms with Gasteiger partial charge < -0.3 is 24.1 Å². The predicted octanol–water partition coefficient (Wildman–Crippen LogP) is 6.23. The Hall–Kier alpha value is -3.97. The van der Waals surface area contributed by atoms with E-state index >= 15 is 0 Å². The van der Waals surface area contributed by atoms with Crippen LogP contribution in [0.1, 0.15) is 27.9 Å². The monoisotopic (exact) mass is 495 g/mol. The van der Waals surface area contributed by atoms with E-state index in [1.54, 1.807) is 63.8 Å². The lowest BCUT2D eigenvalue weighted by atomic mass is 10.1. The van der Waals surface area contributed by atoms with Crippen molar-refractivity contribution in [2.75, 3.05) is 28.4 Å². The number of Topliss-reactive ketones (excluding diaryl/α,β-unsaturated/α-hetero) is 1. The number of carbonyl (C=O) groups is 1. The minimum absolute atomic E-state index is 0.0652. The van der Waals surface area contributed by atoms with Gasteiger partial charge in [0.05, 0.1) is 28.4 Å². The molecule has 0 saturated carbocycles. The number of carbonyl (C=O) groups excluding carboxylic acids is 1. The zero-order chi connectivity index (χ0) is 25.4. The second-order valence-corrected chi connectivity index (χ2v) is 7.77. The van der Waals surface area contributed by atoms with E-state index in [0.29, 0.717) is 39.1 Å². The summed E-state index contributed by atoms with van der Waals surface area (Å²) in [4.78, 5) is 16.8. The molecule has 0 aliphatic heterocycles. The van der Waals surface area contributed by atoms with Gasteiger partial charge in [-0.05, 0) is 47.5 Å². The van der Waals surface area contributed by atoms with Gasteiger partial charge in [-0.25, -0.2) is 0 Å². The molecule has 3 aromatic carbocycles. The number of ketones is 1. The van der Waals surface area contributed by atoms with E-state index in [4.69, 9.17) is 30.5 Å². The van der Waals surface area contributed by atoms with Crippen LogP contribution in [0.25, 0.3) is 12.2 Å². The molecule has 0 unspecified atom stereocenters. The Balaban J connectivity index is 1.86. The van der Waals surface area contributed by atoms with Gasteiger partial charge in [-0.2, -0.15) is 0 Å². The van der Waals surface area contributed by atoms with E-state index < -0.39 is 0 Å². The van der Waals surface area contributed by atoms with Crippen LogP contribution >= 0.6 is 11.6 Å². The van der Waals surface area contributed by atoms with Gasteiger partial charge in [0.1, 0.15) is 5.69 Å². The summed E-state index contributed by atoms with van der Waals surface area (Å²) in [7, 11) is 6.08. The topological polar surface area (TPSA) is 86.6 Å². The van der Waals surface area contributed by atoms with Crippen molar-refractivity contribution < 1.29 is 28.8 Å². The first-order chi connectivity index (χ1) is 16.9. The average molecular weight is 496 g/mol. The number of aromatic hydroxyl groups is 1. The van der Waals surface area contributed by atoms with Crippen molar-refractivity contribution in [3.63, 3.8) is 0 Å². The number of methoxy groups -OCH3 is 4. The molecule has 0 radical (unpaired) electrons. The van der Waals surface area contributed by atoms with Crippen molar-refractivity contribution in [3.05, 3.63) is 70.2 Å². The van der Waals surface area contributed by atoms with E-state index in [2.05, 4.69) is 4.99 Å². The summed E-state index contributed by atoms with van der Waals surface area (Å²) in [5, 5.41) is 10.9. The number of benzene rings is 3. The number of rotatable bonds is 10. The number of halogens is 1. The predicted molar refractivity (Wildman–Crippen MR) is 138 cm³/mol. The summed E-state index contributed by atoms with van der Waals surface area (Å²) in [6, 6.07) is 13.6. The van der Waals surface area contributed by atoms with Crippen LogP contribution in [-0.4, -0.2) is 45.5 Å². The third-order valence-corrected chi connectivity index (χ3v) is 5.32. The van der Waals surface area contributed by atoms with Gasteiger partial charge in [-0.3, -0.25) is 9.79 Å². The van der Waals surface area contributed by atoms with Crippen molar-refractivity contribution in [2.45, 2.75) is 6.42 Å².